The summed E-state index contributed by atoms with van der Waals surface area (Å²) < 4.78 is 0. The molecule has 0 saturated carbocycles. The van der Waals surface area contributed by atoms with Crippen molar-refractivity contribution >= 4 is 35.2 Å². The maximum absolute atomic E-state index is 11.1. The van der Waals surface area contributed by atoms with E-state index in [4.69, 9.17) is 5.73 Å². The molecule has 0 spiro atoms. The number of hydrazine groups is 1. The SMILES string of the molecule is NC(=S)NNC1(O)C(=O)NC(=O)NC1=O.O. The Labute approximate surface area is 93.8 Å². The molecule has 9 N–H and O–H groups in total. The number of amides is 4. The standard InChI is InChI=1S/C5H7N5O4S.H2O/c6-3(15)9-10-5(14)1(11)7-4(13)8-2(5)12;/h10,14H,(H3,6,9,15)(H2,7,8,11,12,13);1H2. The molecular formula is C5H9N5O5S. The maximum Gasteiger partial charge on any atom is 0.328 e. The lowest BCUT2D eigenvalue weighted by atomic mass is 10.1. The molecule has 1 rings (SSSR count). The fourth-order valence-electron chi connectivity index (χ4n) is 0.787. The molecule has 0 bridgehead atoms. The third-order valence-corrected chi connectivity index (χ3v) is 1.58. The molecule has 90 valence electrons. The highest BCUT2D eigenvalue weighted by Gasteiger charge is 2.49. The van der Waals surface area contributed by atoms with Gasteiger partial charge in [-0.05, 0) is 12.2 Å². The Kier molecular flexibility index (Phi) is 4.26. The first-order valence-corrected chi connectivity index (χ1v) is 3.99. The van der Waals surface area contributed by atoms with Crippen LogP contribution in [0.4, 0.5) is 4.79 Å². The maximum atomic E-state index is 11.1. The summed E-state index contributed by atoms with van der Waals surface area (Å²) in [5.41, 5.74) is 6.25. The average molecular weight is 251 g/mol. The number of hydrogen-bond donors (Lipinski definition) is 6. The number of rotatable bonds is 2. The topological polar surface area (TPSA) is 177 Å². The molecule has 1 aliphatic rings. The van der Waals surface area contributed by atoms with E-state index in [1.165, 1.54) is 0 Å². The highest BCUT2D eigenvalue weighted by Crippen LogP contribution is 2.03. The van der Waals surface area contributed by atoms with E-state index in [9.17, 15) is 19.5 Å². The summed E-state index contributed by atoms with van der Waals surface area (Å²) in [4.78, 5) is 32.9. The second kappa shape index (κ2) is 4.80. The lowest BCUT2D eigenvalue weighted by Gasteiger charge is -2.29. The van der Waals surface area contributed by atoms with Gasteiger partial charge in [0.1, 0.15) is 0 Å². The molecule has 0 aromatic heterocycles. The minimum atomic E-state index is -2.64. The first kappa shape index (κ1) is 14.2. The molecule has 0 aromatic carbocycles. The number of carbonyl (C=O) groups is 3. The summed E-state index contributed by atoms with van der Waals surface area (Å²) in [5.74, 6) is -2.47. The van der Waals surface area contributed by atoms with Crippen molar-refractivity contribution in [2.45, 2.75) is 5.72 Å². The van der Waals surface area contributed by atoms with E-state index in [1.54, 1.807) is 10.6 Å². The Morgan fingerprint density at radius 2 is 1.75 bits per heavy atom. The lowest BCUT2D eigenvalue weighted by molar-refractivity contribution is -0.159. The molecule has 1 saturated heterocycles. The Morgan fingerprint density at radius 1 is 1.31 bits per heavy atom. The van der Waals surface area contributed by atoms with Crippen LogP contribution in [0.5, 0.6) is 0 Å². The average Bonchev–Trinajstić information content (AvgIpc) is 2.11. The van der Waals surface area contributed by atoms with Crippen molar-refractivity contribution in [1.82, 2.24) is 21.5 Å². The largest absolute Gasteiger partial charge is 0.412 e. The summed E-state index contributed by atoms with van der Waals surface area (Å²) >= 11 is 4.38. The first-order valence-electron chi connectivity index (χ1n) is 3.58. The number of thiocarbonyl (C=S) groups is 1. The fraction of sp³-hybridized carbons (Fsp3) is 0.200. The minimum Gasteiger partial charge on any atom is -0.412 e. The van der Waals surface area contributed by atoms with Gasteiger partial charge >= 0.3 is 6.03 Å². The van der Waals surface area contributed by atoms with E-state index in [0.717, 1.165) is 0 Å². The molecule has 4 amide bonds. The van der Waals surface area contributed by atoms with Gasteiger partial charge in [-0.1, -0.05) is 0 Å². The number of hydrogen-bond acceptors (Lipinski definition) is 6. The molecule has 10 nitrogen and oxygen atoms in total. The van der Waals surface area contributed by atoms with Gasteiger partial charge in [-0.15, -0.1) is 0 Å². The Hall–Kier alpha value is -1.82. The molecule has 1 fully saturated rings. The minimum absolute atomic E-state index is 0. The molecule has 1 aliphatic heterocycles. The summed E-state index contributed by atoms with van der Waals surface area (Å²) in [6.45, 7) is 0. The summed E-state index contributed by atoms with van der Waals surface area (Å²) in [7, 11) is 0. The van der Waals surface area contributed by atoms with Crippen LogP contribution in [0.15, 0.2) is 0 Å². The monoisotopic (exact) mass is 251 g/mol. The second-order valence-corrected chi connectivity index (χ2v) is 3.00. The highest BCUT2D eigenvalue weighted by molar-refractivity contribution is 7.80. The summed E-state index contributed by atoms with van der Waals surface area (Å²) in [6, 6.07) is -1.02. The third kappa shape index (κ3) is 2.60. The number of nitrogens with one attached hydrogen (secondary N) is 4. The molecular weight excluding hydrogens is 242 g/mol. The van der Waals surface area contributed by atoms with Crippen LogP contribution in [0.3, 0.4) is 0 Å². The highest BCUT2D eigenvalue weighted by atomic mass is 32.1. The number of urea groups is 1. The zero-order valence-electron chi connectivity index (χ0n) is 7.66. The molecule has 1 heterocycles. The van der Waals surface area contributed by atoms with Crippen molar-refractivity contribution in [3.63, 3.8) is 0 Å². The van der Waals surface area contributed by atoms with Crippen LogP contribution >= 0.6 is 12.2 Å². The number of nitrogens with two attached hydrogens (primary N) is 1. The molecule has 16 heavy (non-hydrogen) atoms. The van der Waals surface area contributed by atoms with Gasteiger partial charge in [0.2, 0.25) is 0 Å². The van der Waals surface area contributed by atoms with E-state index in [0.29, 0.717) is 0 Å². The smallest absolute Gasteiger partial charge is 0.328 e. The Bertz CT molecular complexity index is 337. The molecule has 0 atom stereocenters. The van der Waals surface area contributed by atoms with Crippen LogP contribution in [-0.2, 0) is 9.59 Å². The molecule has 0 unspecified atom stereocenters. The number of aliphatic hydroxyl groups is 1. The van der Waals surface area contributed by atoms with Gasteiger partial charge in [-0.3, -0.25) is 25.6 Å². The van der Waals surface area contributed by atoms with Gasteiger partial charge < -0.3 is 16.3 Å². The number of carbonyl (C=O) groups excluding carboxylic acids is 3. The van der Waals surface area contributed by atoms with Gasteiger partial charge in [0.15, 0.2) is 5.11 Å². The molecule has 0 aliphatic carbocycles. The van der Waals surface area contributed by atoms with Crippen molar-refractivity contribution in [1.29, 1.82) is 0 Å². The van der Waals surface area contributed by atoms with E-state index in [1.807, 2.05) is 10.9 Å². The van der Waals surface area contributed by atoms with E-state index < -0.39 is 23.6 Å². The van der Waals surface area contributed by atoms with Crippen LogP contribution in [0.1, 0.15) is 0 Å². The van der Waals surface area contributed by atoms with E-state index in [-0.39, 0.29) is 10.6 Å². The van der Waals surface area contributed by atoms with Gasteiger partial charge in [0.05, 0.1) is 0 Å². The van der Waals surface area contributed by atoms with E-state index in [2.05, 4.69) is 12.2 Å². The van der Waals surface area contributed by atoms with Gasteiger partial charge in [0.25, 0.3) is 17.5 Å². The predicted octanol–water partition coefficient (Wildman–Crippen LogP) is -4.45. The normalized spacial score (nSPS) is 17.9. The zero-order chi connectivity index (χ0) is 11.6. The van der Waals surface area contributed by atoms with E-state index >= 15 is 0 Å². The zero-order valence-corrected chi connectivity index (χ0v) is 8.47. The van der Waals surface area contributed by atoms with Crippen molar-refractivity contribution in [3.05, 3.63) is 0 Å². The molecule has 11 heteroatoms. The van der Waals surface area contributed by atoms with Crippen LogP contribution in [0.25, 0.3) is 0 Å². The summed E-state index contributed by atoms with van der Waals surface area (Å²) in [5, 5.41) is 12.6. The first-order chi connectivity index (χ1) is 6.86. The van der Waals surface area contributed by atoms with Crippen molar-refractivity contribution in [2.24, 2.45) is 5.73 Å². The molecule has 0 radical (unpaired) electrons. The van der Waals surface area contributed by atoms with Gasteiger partial charge in [0, 0.05) is 0 Å². The van der Waals surface area contributed by atoms with Crippen LogP contribution in [0, 0.1) is 0 Å². The van der Waals surface area contributed by atoms with Crippen molar-refractivity contribution in [3.8, 4) is 0 Å². The second-order valence-electron chi connectivity index (χ2n) is 2.56. The fourth-order valence-corrected chi connectivity index (χ4v) is 0.838. The van der Waals surface area contributed by atoms with Crippen molar-refractivity contribution < 1.29 is 25.0 Å². The van der Waals surface area contributed by atoms with Crippen molar-refractivity contribution in [2.75, 3.05) is 0 Å². The van der Waals surface area contributed by atoms with Gasteiger partial charge in [-0.2, -0.15) is 5.43 Å². The van der Waals surface area contributed by atoms with Crippen LogP contribution in [0.2, 0.25) is 0 Å². The molecule has 0 aromatic rings. The van der Waals surface area contributed by atoms with Gasteiger partial charge in [-0.25, -0.2) is 4.79 Å². The third-order valence-electron chi connectivity index (χ3n) is 1.48. The summed E-state index contributed by atoms with van der Waals surface area (Å²) in [6.07, 6.45) is 0. The Morgan fingerprint density at radius 3 is 2.12 bits per heavy atom. The number of barbiturate groups is 1. The number of imide groups is 2. The predicted molar refractivity (Wildman–Crippen MR) is 53.3 cm³/mol. The lowest BCUT2D eigenvalue weighted by Crippen LogP contribution is -2.75. The van der Waals surface area contributed by atoms with Crippen LogP contribution < -0.4 is 27.2 Å². The van der Waals surface area contributed by atoms with Crippen LogP contribution in [-0.4, -0.2) is 39.3 Å². The quantitative estimate of drug-likeness (QED) is 0.123. The Balaban J connectivity index is 0.00000225.